The highest BCUT2D eigenvalue weighted by Crippen LogP contribution is 2.10. The Labute approximate surface area is 111 Å². The van der Waals surface area contributed by atoms with Crippen LogP contribution >= 0.6 is 15.9 Å². The number of carbonyl (C=O) groups excluding carboxylic acids is 2. The average Bonchev–Trinajstić information content (AvgIpc) is 2.94. The number of carbonyl (C=O) groups is 2. The normalized spacial score (nSPS) is 10.1. The lowest BCUT2D eigenvalue weighted by Gasteiger charge is -2.05. The molecule has 0 aliphatic carbocycles. The second-order valence-corrected chi connectivity index (χ2v) is 4.45. The lowest BCUT2D eigenvalue weighted by Crippen LogP contribution is -2.41. The lowest BCUT2D eigenvalue weighted by atomic mass is 10.2. The number of halogens is 1. The van der Waals surface area contributed by atoms with E-state index in [0.29, 0.717) is 17.0 Å². The van der Waals surface area contributed by atoms with Gasteiger partial charge in [0.15, 0.2) is 0 Å². The van der Waals surface area contributed by atoms with Crippen LogP contribution in [0.1, 0.15) is 26.6 Å². The van der Waals surface area contributed by atoms with Crippen LogP contribution in [0.25, 0.3) is 0 Å². The Balaban J connectivity index is 1.94. The highest BCUT2D eigenvalue weighted by Gasteiger charge is 2.13. The molecule has 94 valence electrons. The minimum absolute atomic E-state index is 0.339. The molecule has 0 radical (unpaired) electrons. The standard InChI is InChI=1S/C11H10BrN3O3/c1-6-8(2-3-18-6)10(16)14-15-11(17)9-4-7(12)5-13-9/h2-5,13H,1H3,(H,14,16)(H,15,17). The van der Waals surface area contributed by atoms with Crippen molar-refractivity contribution >= 4 is 27.7 Å². The van der Waals surface area contributed by atoms with Gasteiger partial charge in [0.1, 0.15) is 11.5 Å². The van der Waals surface area contributed by atoms with Gasteiger partial charge in [0.25, 0.3) is 11.8 Å². The molecule has 2 heterocycles. The maximum atomic E-state index is 11.7. The Hall–Kier alpha value is -2.02. The molecule has 0 aliphatic rings. The number of aromatic nitrogens is 1. The van der Waals surface area contributed by atoms with Gasteiger partial charge >= 0.3 is 0 Å². The quantitative estimate of drug-likeness (QED) is 0.738. The second-order valence-electron chi connectivity index (χ2n) is 3.53. The number of rotatable bonds is 2. The Kier molecular flexibility index (Phi) is 3.52. The Morgan fingerprint density at radius 2 is 2.06 bits per heavy atom. The van der Waals surface area contributed by atoms with Crippen LogP contribution in [0, 0.1) is 6.92 Å². The minimum Gasteiger partial charge on any atom is -0.469 e. The zero-order valence-electron chi connectivity index (χ0n) is 9.41. The molecule has 18 heavy (non-hydrogen) atoms. The van der Waals surface area contributed by atoms with Crippen molar-refractivity contribution in [2.24, 2.45) is 0 Å². The number of hydrazine groups is 1. The summed E-state index contributed by atoms with van der Waals surface area (Å²) in [5, 5.41) is 0. The molecular formula is C11H10BrN3O3. The fourth-order valence-electron chi connectivity index (χ4n) is 1.37. The zero-order chi connectivity index (χ0) is 13.1. The summed E-state index contributed by atoms with van der Waals surface area (Å²) in [5.74, 6) is -0.375. The molecule has 0 aliphatic heterocycles. The number of nitrogens with one attached hydrogen (secondary N) is 3. The maximum absolute atomic E-state index is 11.7. The van der Waals surface area contributed by atoms with Crippen molar-refractivity contribution in [2.45, 2.75) is 6.92 Å². The van der Waals surface area contributed by atoms with Gasteiger partial charge in [-0.05, 0) is 35.0 Å². The molecule has 0 bridgehead atoms. The predicted molar refractivity (Wildman–Crippen MR) is 66.9 cm³/mol. The first-order chi connectivity index (χ1) is 8.58. The van der Waals surface area contributed by atoms with Crippen LogP contribution in [0.3, 0.4) is 0 Å². The summed E-state index contributed by atoms with van der Waals surface area (Å²) in [7, 11) is 0. The molecule has 0 spiro atoms. The third-order valence-corrected chi connectivity index (χ3v) is 2.74. The molecule has 0 unspecified atom stereocenters. The summed E-state index contributed by atoms with van der Waals surface area (Å²) in [6.45, 7) is 1.67. The number of hydrogen-bond donors (Lipinski definition) is 3. The lowest BCUT2D eigenvalue weighted by molar-refractivity contribution is 0.0843. The van der Waals surface area contributed by atoms with E-state index in [4.69, 9.17) is 4.42 Å². The van der Waals surface area contributed by atoms with Crippen LogP contribution in [0.2, 0.25) is 0 Å². The molecule has 0 aromatic carbocycles. The van der Waals surface area contributed by atoms with Gasteiger partial charge in [0.05, 0.1) is 11.8 Å². The first-order valence-electron chi connectivity index (χ1n) is 5.06. The van der Waals surface area contributed by atoms with E-state index in [0.717, 1.165) is 4.47 Å². The summed E-state index contributed by atoms with van der Waals surface area (Å²) in [6.07, 6.45) is 3.03. The van der Waals surface area contributed by atoms with Crippen molar-refractivity contribution in [1.82, 2.24) is 15.8 Å². The number of aryl methyl sites for hydroxylation is 1. The van der Waals surface area contributed by atoms with Gasteiger partial charge in [0.2, 0.25) is 0 Å². The van der Waals surface area contributed by atoms with Gasteiger partial charge < -0.3 is 9.40 Å². The van der Waals surface area contributed by atoms with Crippen LogP contribution in [-0.2, 0) is 0 Å². The average molecular weight is 312 g/mol. The summed E-state index contributed by atoms with van der Waals surface area (Å²) >= 11 is 3.21. The van der Waals surface area contributed by atoms with Crippen molar-refractivity contribution < 1.29 is 14.0 Å². The summed E-state index contributed by atoms with van der Waals surface area (Å²) < 4.78 is 5.75. The monoisotopic (exact) mass is 311 g/mol. The van der Waals surface area contributed by atoms with Crippen molar-refractivity contribution in [3.8, 4) is 0 Å². The fourth-order valence-corrected chi connectivity index (χ4v) is 1.71. The molecule has 0 atom stereocenters. The van der Waals surface area contributed by atoms with Gasteiger partial charge in [0, 0.05) is 10.7 Å². The third-order valence-electron chi connectivity index (χ3n) is 2.29. The van der Waals surface area contributed by atoms with E-state index in [9.17, 15) is 9.59 Å². The van der Waals surface area contributed by atoms with Gasteiger partial charge in [-0.2, -0.15) is 0 Å². The molecule has 2 aromatic rings. The molecule has 6 nitrogen and oxygen atoms in total. The first kappa shape index (κ1) is 12.4. The van der Waals surface area contributed by atoms with Crippen molar-refractivity contribution in [3.63, 3.8) is 0 Å². The van der Waals surface area contributed by atoms with E-state index in [1.165, 1.54) is 12.3 Å². The van der Waals surface area contributed by atoms with Crippen molar-refractivity contribution in [2.75, 3.05) is 0 Å². The van der Waals surface area contributed by atoms with Gasteiger partial charge in [-0.25, -0.2) is 0 Å². The van der Waals surface area contributed by atoms with E-state index < -0.39 is 11.8 Å². The zero-order valence-corrected chi connectivity index (χ0v) is 11.0. The van der Waals surface area contributed by atoms with Gasteiger partial charge in [-0.3, -0.25) is 20.4 Å². The van der Waals surface area contributed by atoms with Crippen LogP contribution in [-0.4, -0.2) is 16.8 Å². The molecule has 2 amide bonds. The molecule has 0 fully saturated rings. The molecule has 2 aromatic heterocycles. The highest BCUT2D eigenvalue weighted by molar-refractivity contribution is 9.10. The van der Waals surface area contributed by atoms with Crippen LogP contribution in [0.15, 0.2) is 33.5 Å². The van der Waals surface area contributed by atoms with E-state index in [2.05, 4.69) is 31.8 Å². The highest BCUT2D eigenvalue weighted by atomic mass is 79.9. The molecule has 7 heteroatoms. The molecule has 2 rings (SSSR count). The minimum atomic E-state index is -0.435. The van der Waals surface area contributed by atoms with Crippen LogP contribution in [0.5, 0.6) is 0 Å². The van der Waals surface area contributed by atoms with E-state index in [-0.39, 0.29) is 0 Å². The van der Waals surface area contributed by atoms with E-state index in [1.54, 1.807) is 19.2 Å². The maximum Gasteiger partial charge on any atom is 0.286 e. The van der Waals surface area contributed by atoms with Crippen molar-refractivity contribution in [3.05, 3.63) is 46.1 Å². The Bertz CT molecular complexity index is 588. The predicted octanol–water partition coefficient (Wildman–Crippen LogP) is 1.75. The fraction of sp³-hybridized carbons (Fsp3) is 0.0909. The SMILES string of the molecule is Cc1occc1C(=O)NNC(=O)c1cc(Br)c[nH]1. The summed E-state index contributed by atoms with van der Waals surface area (Å²) in [6, 6.07) is 3.13. The Morgan fingerprint density at radius 3 is 2.61 bits per heavy atom. The van der Waals surface area contributed by atoms with Crippen molar-refractivity contribution in [1.29, 1.82) is 0 Å². The van der Waals surface area contributed by atoms with Crippen LogP contribution < -0.4 is 10.9 Å². The van der Waals surface area contributed by atoms with Crippen LogP contribution in [0.4, 0.5) is 0 Å². The van der Waals surface area contributed by atoms with Gasteiger partial charge in [-0.1, -0.05) is 0 Å². The number of H-pyrrole nitrogens is 1. The molecular weight excluding hydrogens is 302 g/mol. The topological polar surface area (TPSA) is 87.1 Å². The molecule has 3 N–H and O–H groups in total. The Morgan fingerprint density at radius 1 is 1.33 bits per heavy atom. The number of furan rings is 1. The molecule has 0 saturated carbocycles. The summed E-state index contributed by atoms with van der Waals surface area (Å²) in [5.41, 5.74) is 5.31. The van der Waals surface area contributed by atoms with E-state index >= 15 is 0 Å². The summed E-state index contributed by atoms with van der Waals surface area (Å²) in [4.78, 5) is 26.0. The number of hydrogen-bond acceptors (Lipinski definition) is 3. The number of amides is 2. The molecule has 0 saturated heterocycles. The largest absolute Gasteiger partial charge is 0.469 e. The van der Waals surface area contributed by atoms with Gasteiger partial charge in [-0.15, -0.1) is 0 Å². The third kappa shape index (κ3) is 2.62. The first-order valence-corrected chi connectivity index (χ1v) is 5.86. The number of aromatic amines is 1. The van der Waals surface area contributed by atoms with E-state index in [1.807, 2.05) is 0 Å². The second kappa shape index (κ2) is 5.09. The smallest absolute Gasteiger partial charge is 0.286 e.